The molecule has 1 N–H and O–H groups in total. The molecular formula is C19H20N4O2. The van der Waals surface area contributed by atoms with Crippen LogP contribution in [0.4, 0.5) is 5.69 Å². The van der Waals surface area contributed by atoms with E-state index in [0.29, 0.717) is 13.2 Å². The van der Waals surface area contributed by atoms with Crippen molar-refractivity contribution in [1.82, 2.24) is 15.0 Å². The summed E-state index contributed by atoms with van der Waals surface area (Å²) >= 11 is 0. The fourth-order valence-corrected chi connectivity index (χ4v) is 3.38. The standard InChI is InChI=1S/C19H20N4O2/c1-19(2)13-9-14-15(10-16(13)23(18(19)24)7-8-25-3)22-17(21-14)12-5-4-6-20-11-12/h4-6,9-11H,7-8H2,1-3H3,(H,21,22). The Labute approximate surface area is 145 Å². The Morgan fingerprint density at radius 1 is 1.32 bits per heavy atom. The summed E-state index contributed by atoms with van der Waals surface area (Å²) in [4.78, 5) is 26.8. The molecule has 0 radical (unpaired) electrons. The maximum atomic E-state index is 12.8. The SMILES string of the molecule is COCCN1C(=O)C(C)(C)c2cc3[nH]c(-c4cccnc4)nc3cc21. The third-order valence-corrected chi connectivity index (χ3v) is 4.80. The first-order chi connectivity index (χ1) is 12.0. The van der Waals surface area contributed by atoms with Gasteiger partial charge in [-0.2, -0.15) is 0 Å². The largest absolute Gasteiger partial charge is 0.383 e. The predicted molar refractivity (Wildman–Crippen MR) is 96.6 cm³/mol. The van der Waals surface area contributed by atoms with Crippen LogP contribution in [-0.2, 0) is 14.9 Å². The van der Waals surface area contributed by atoms with Crippen molar-refractivity contribution in [1.29, 1.82) is 0 Å². The molecule has 0 aliphatic carbocycles. The zero-order chi connectivity index (χ0) is 17.6. The number of hydrogen-bond donors (Lipinski definition) is 1. The van der Waals surface area contributed by atoms with Crippen LogP contribution in [0.2, 0.25) is 0 Å². The van der Waals surface area contributed by atoms with Gasteiger partial charge in [-0.05, 0) is 43.7 Å². The van der Waals surface area contributed by atoms with Crippen LogP contribution in [0, 0.1) is 0 Å². The quantitative estimate of drug-likeness (QED) is 0.795. The minimum atomic E-state index is -0.559. The lowest BCUT2D eigenvalue weighted by molar-refractivity contribution is -0.122. The average Bonchev–Trinajstić information content (AvgIpc) is 3.11. The molecule has 3 heterocycles. The molecule has 1 aromatic carbocycles. The topological polar surface area (TPSA) is 71.1 Å². The summed E-state index contributed by atoms with van der Waals surface area (Å²) in [6.07, 6.45) is 3.52. The van der Waals surface area contributed by atoms with E-state index in [-0.39, 0.29) is 5.91 Å². The van der Waals surface area contributed by atoms with Gasteiger partial charge < -0.3 is 14.6 Å². The van der Waals surface area contributed by atoms with Gasteiger partial charge in [-0.15, -0.1) is 0 Å². The van der Waals surface area contributed by atoms with Crippen LogP contribution in [0.15, 0.2) is 36.7 Å². The van der Waals surface area contributed by atoms with Gasteiger partial charge in [-0.3, -0.25) is 9.78 Å². The van der Waals surface area contributed by atoms with Gasteiger partial charge in [-0.1, -0.05) is 0 Å². The lowest BCUT2D eigenvalue weighted by Gasteiger charge is -2.19. The molecule has 3 aromatic rings. The number of anilines is 1. The van der Waals surface area contributed by atoms with Crippen LogP contribution in [0.25, 0.3) is 22.4 Å². The highest BCUT2D eigenvalue weighted by molar-refractivity contribution is 6.09. The number of aromatic nitrogens is 3. The second-order valence-electron chi connectivity index (χ2n) is 6.79. The number of imidazole rings is 1. The summed E-state index contributed by atoms with van der Waals surface area (Å²) < 4.78 is 5.16. The smallest absolute Gasteiger partial charge is 0.237 e. The number of carbonyl (C=O) groups is 1. The maximum absolute atomic E-state index is 12.8. The van der Waals surface area contributed by atoms with Gasteiger partial charge in [0.1, 0.15) is 5.82 Å². The fraction of sp³-hybridized carbons (Fsp3) is 0.316. The lowest BCUT2D eigenvalue weighted by atomic mass is 9.86. The molecule has 1 amide bonds. The van der Waals surface area contributed by atoms with Crippen LogP contribution in [-0.4, -0.2) is 41.1 Å². The van der Waals surface area contributed by atoms with Crippen molar-refractivity contribution in [2.75, 3.05) is 25.2 Å². The van der Waals surface area contributed by atoms with Crippen LogP contribution >= 0.6 is 0 Å². The molecule has 25 heavy (non-hydrogen) atoms. The number of rotatable bonds is 4. The number of amides is 1. The zero-order valence-electron chi connectivity index (χ0n) is 14.5. The third kappa shape index (κ3) is 2.41. The van der Waals surface area contributed by atoms with Crippen LogP contribution in [0.5, 0.6) is 0 Å². The highest BCUT2D eigenvalue weighted by Crippen LogP contribution is 2.43. The van der Waals surface area contributed by atoms with E-state index in [1.54, 1.807) is 24.4 Å². The van der Waals surface area contributed by atoms with Gasteiger partial charge in [0.05, 0.1) is 28.7 Å². The van der Waals surface area contributed by atoms with E-state index in [1.165, 1.54) is 0 Å². The van der Waals surface area contributed by atoms with Gasteiger partial charge in [0.2, 0.25) is 5.91 Å². The Kier molecular flexibility index (Phi) is 3.58. The third-order valence-electron chi connectivity index (χ3n) is 4.80. The van der Waals surface area contributed by atoms with E-state index in [9.17, 15) is 4.79 Å². The van der Waals surface area contributed by atoms with Crippen molar-refractivity contribution in [3.05, 3.63) is 42.2 Å². The van der Waals surface area contributed by atoms with Crippen LogP contribution < -0.4 is 4.90 Å². The van der Waals surface area contributed by atoms with Crippen LogP contribution in [0.3, 0.4) is 0 Å². The molecule has 128 valence electrons. The normalized spacial score (nSPS) is 15.8. The summed E-state index contributed by atoms with van der Waals surface area (Å²) in [6, 6.07) is 7.89. The predicted octanol–water partition coefficient (Wildman–Crippen LogP) is 2.90. The van der Waals surface area contributed by atoms with Crippen molar-refractivity contribution >= 4 is 22.6 Å². The fourth-order valence-electron chi connectivity index (χ4n) is 3.38. The molecule has 2 aromatic heterocycles. The Morgan fingerprint density at radius 2 is 2.16 bits per heavy atom. The molecule has 6 nitrogen and oxygen atoms in total. The summed E-state index contributed by atoms with van der Waals surface area (Å²) in [5.41, 5.74) is 4.07. The molecule has 0 fully saturated rings. The van der Waals surface area contributed by atoms with Crippen molar-refractivity contribution in [3.8, 4) is 11.4 Å². The maximum Gasteiger partial charge on any atom is 0.237 e. The summed E-state index contributed by atoms with van der Waals surface area (Å²) in [5, 5.41) is 0. The first-order valence-electron chi connectivity index (χ1n) is 8.28. The summed E-state index contributed by atoms with van der Waals surface area (Å²) in [7, 11) is 1.64. The number of aromatic amines is 1. The first kappa shape index (κ1) is 15.8. The molecule has 4 rings (SSSR count). The highest BCUT2D eigenvalue weighted by Gasteiger charge is 2.44. The Balaban J connectivity index is 1.84. The van der Waals surface area contributed by atoms with E-state index in [2.05, 4.69) is 15.0 Å². The zero-order valence-corrected chi connectivity index (χ0v) is 14.5. The molecule has 0 bridgehead atoms. The molecule has 0 saturated heterocycles. The minimum Gasteiger partial charge on any atom is -0.383 e. The number of pyridine rings is 1. The monoisotopic (exact) mass is 336 g/mol. The van der Waals surface area contributed by atoms with Crippen molar-refractivity contribution in [3.63, 3.8) is 0 Å². The van der Waals surface area contributed by atoms with Gasteiger partial charge in [-0.25, -0.2) is 4.98 Å². The van der Waals surface area contributed by atoms with E-state index in [0.717, 1.165) is 33.7 Å². The molecule has 6 heteroatoms. The van der Waals surface area contributed by atoms with E-state index in [4.69, 9.17) is 4.74 Å². The van der Waals surface area contributed by atoms with Gasteiger partial charge >= 0.3 is 0 Å². The van der Waals surface area contributed by atoms with E-state index in [1.807, 2.05) is 38.1 Å². The molecule has 1 aliphatic heterocycles. The van der Waals surface area contributed by atoms with Crippen molar-refractivity contribution < 1.29 is 9.53 Å². The molecule has 1 aliphatic rings. The Morgan fingerprint density at radius 3 is 2.88 bits per heavy atom. The molecule has 0 spiro atoms. The Bertz CT molecular complexity index is 947. The van der Waals surface area contributed by atoms with Gasteiger partial charge in [0.15, 0.2) is 0 Å². The van der Waals surface area contributed by atoms with Gasteiger partial charge in [0, 0.05) is 31.6 Å². The number of H-pyrrole nitrogens is 1. The number of ether oxygens (including phenoxy) is 1. The molecule has 0 atom stereocenters. The number of hydrogen-bond acceptors (Lipinski definition) is 4. The van der Waals surface area contributed by atoms with Gasteiger partial charge in [0.25, 0.3) is 0 Å². The number of nitrogens with zero attached hydrogens (tertiary/aromatic N) is 3. The first-order valence-corrected chi connectivity index (χ1v) is 8.28. The summed E-state index contributed by atoms with van der Waals surface area (Å²) in [5.74, 6) is 0.874. The number of benzene rings is 1. The number of fused-ring (bicyclic) bond motifs is 2. The molecule has 0 unspecified atom stereocenters. The minimum absolute atomic E-state index is 0.0969. The van der Waals surface area contributed by atoms with Crippen molar-refractivity contribution in [2.24, 2.45) is 0 Å². The second-order valence-corrected chi connectivity index (χ2v) is 6.79. The average molecular weight is 336 g/mol. The molecule has 0 saturated carbocycles. The number of methoxy groups -OCH3 is 1. The Hall–Kier alpha value is -2.73. The number of carbonyl (C=O) groups excluding carboxylic acids is 1. The van der Waals surface area contributed by atoms with Crippen LogP contribution in [0.1, 0.15) is 19.4 Å². The molecular weight excluding hydrogens is 316 g/mol. The highest BCUT2D eigenvalue weighted by atomic mass is 16.5. The van der Waals surface area contributed by atoms with E-state index < -0.39 is 5.41 Å². The van der Waals surface area contributed by atoms with Crippen molar-refractivity contribution in [2.45, 2.75) is 19.3 Å². The summed E-state index contributed by atoms with van der Waals surface area (Å²) in [6.45, 7) is 4.97. The van der Waals surface area contributed by atoms with E-state index >= 15 is 0 Å². The lowest BCUT2D eigenvalue weighted by Crippen LogP contribution is -2.37. The second kappa shape index (κ2) is 5.67. The number of nitrogens with one attached hydrogen (secondary N) is 1.